The van der Waals surface area contributed by atoms with E-state index in [0.29, 0.717) is 6.54 Å². The second kappa shape index (κ2) is 8.95. The molecule has 0 fully saturated rings. The number of nitrogens with zero attached hydrogens (tertiary/aromatic N) is 1. The molecule has 3 rings (SSSR count). The van der Waals surface area contributed by atoms with Crippen LogP contribution in [0.3, 0.4) is 0 Å². The zero-order valence-corrected chi connectivity index (χ0v) is 16.0. The Hall–Kier alpha value is -3.47. The van der Waals surface area contributed by atoms with Crippen molar-refractivity contribution in [2.75, 3.05) is 0 Å². The maximum atomic E-state index is 12.5. The first kappa shape index (κ1) is 19.3. The Balaban J connectivity index is 0.00000225. The predicted octanol–water partition coefficient (Wildman–Crippen LogP) is 4.31. The SMILES string of the molecule is CC(C)NC(=O)c1cccc(C(=O)NCc2cccc(-c3ccccc3)c2)n1.[HH].[HH]. The Morgan fingerprint density at radius 3 is 2.21 bits per heavy atom. The molecule has 146 valence electrons. The Kier molecular flexibility index (Phi) is 6.17. The zero-order chi connectivity index (χ0) is 19.9. The molecular weight excluding hydrogens is 350 g/mol. The van der Waals surface area contributed by atoms with E-state index in [1.54, 1.807) is 18.2 Å². The number of rotatable bonds is 6. The highest BCUT2D eigenvalue weighted by Gasteiger charge is 2.13. The Morgan fingerprint density at radius 2 is 1.50 bits per heavy atom. The summed E-state index contributed by atoms with van der Waals surface area (Å²) in [6, 6.07) is 23.0. The van der Waals surface area contributed by atoms with E-state index >= 15 is 0 Å². The average molecular weight is 377 g/mol. The fourth-order valence-corrected chi connectivity index (χ4v) is 2.79. The first-order valence-corrected chi connectivity index (χ1v) is 9.23. The fourth-order valence-electron chi connectivity index (χ4n) is 2.79. The van der Waals surface area contributed by atoms with Gasteiger partial charge in [0.2, 0.25) is 0 Å². The monoisotopic (exact) mass is 377 g/mol. The standard InChI is InChI=1S/C23H23N3O2.2H2/c1-16(2)25-23(28)21-13-7-12-20(26-21)22(27)24-15-17-8-6-11-19(14-17)18-9-4-3-5-10-18;;/h3-14,16H,15H2,1-2H3,(H,24,27)(H,25,28);2*1H. The number of carbonyl (C=O) groups excluding carboxylic acids is 2. The normalized spacial score (nSPS) is 10.5. The van der Waals surface area contributed by atoms with Crippen molar-refractivity contribution in [1.82, 2.24) is 15.6 Å². The summed E-state index contributed by atoms with van der Waals surface area (Å²) in [5, 5.41) is 5.64. The highest BCUT2D eigenvalue weighted by Crippen LogP contribution is 2.19. The van der Waals surface area contributed by atoms with Crippen LogP contribution in [0.5, 0.6) is 0 Å². The molecule has 3 aromatic rings. The van der Waals surface area contributed by atoms with Crippen LogP contribution < -0.4 is 10.6 Å². The number of benzene rings is 2. The summed E-state index contributed by atoms with van der Waals surface area (Å²) in [5.74, 6) is -0.607. The van der Waals surface area contributed by atoms with Crippen LogP contribution in [0.1, 0.15) is 43.2 Å². The topological polar surface area (TPSA) is 71.1 Å². The summed E-state index contributed by atoms with van der Waals surface area (Å²) in [7, 11) is 0. The highest BCUT2D eigenvalue weighted by molar-refractivity contribution is 5.96. The maximum Gasteiger partial charge on any atom is 0.270 e. The van der Waals surface area contributed by atoms with E-state index in [4.69, 9.17) is 0 Å². The minimum Gasteiger partial charge on any atom is -0.349 e. The van der Waals surface area contributed by atoms with Gasteiger partial charge in [-0.3, -0.25) is 9.59 Å². The van der Waals surface area contributed by atoms with Gasteiger partial charge in [0.1, 0.15) is 11.4 Å². The van der Waals surface area contributed by atoms with Crippen molar-refractivity contribution in [3.63, 3.8) is 0 Å². The van der Waals surface area contributed by atoms with Gasteiger partial charge in [0, 0.05) is 15.4 Å². The lowest BCUT2D eigenvalue weighted by Crippen LogP contribution is -2.31. The highest BCUT2D eigenvalue weighted by atomic mass is 16.2. The molecule has 0 saturated carbocycles. The average Bonchev–Trinajstić information content (AvgIpc) is 2.72. The van der Waals surface area contributed by atoms with E-state index < -0.39 is 0 Å². The third-order valence-corrected chi connectivity index (χ3v) is 4.12. The van der Waals surface area contributed by atoms with Crippen LogP contribution in [-0.2, 0) is 6.54 Å². The smallest absolute Gasteiger partial charge is 0.270 e. The van der Waals surface area contributed by atoms with E-state index in [1.807, 2.05) is 50.2 Å². The minimum atomic E-state index is -0.315. The molecule has 0 radical (unpaired) electrons. The molecule has 1 heterocycles. The van der Waals surface area contributed by atoms with E-state index in [1.165, 1.54) is 0 Å². The molecule has 0 unspecified atom stereocenters. The summed E-state index contributed by atoms with van der Waals surface area (Å²) < 4.78 is 0. The van der Waals surface area contributed by atoms with Crippen molar-refractivity contribution in [2.45, 2.75) is 26.4 Å². The Labute approximate surface area is 167 Å². The van der Waals surface area contributed by atoms with Gasteiger partial charge in [-0.2, -0.15) is 0 Å². The van der Waals surface area contributed by atoms with Crippen molar-refractivity contribution in [3.8, 4) is 11.1 Å². The van der Waals surface area contributed by atoms with Gasteiger partial charge in [-0.15, -0.1) is 0 Å². The van der Waals surface area contributed by atoms with Crippen LogP contribution in [0.25, 0.3) is 11.1 Å². The third-order valence-electron chi connectivity index (χ3n) is 4.12. The third kappa shape index (κ3) is 5.04. The molecule has 2 N–H and O–H groups in total. The predicted molar refractivity (Wildman–Crippen MR) is 114 cm³/mol. The van der Waals surface area contributed by atoms with Crippen LogP contribution >= 0.6 is 0 Å². The molecule has 5 nitrogen and oxygen atoms in total. The van der Waals surface area contributed by atoms with Gasteiger partial charge in [-0.25, -0.2) is 4.98 Å². The van der Waals surface area contributed by atoms with Gasteiger partial charge in [0.15, 0.2) is 0 Å². The lowest BCUT2D eigenvalue weighted by molar-refractivity contribution is 0.0936. The fraction of sp³-hybridized carbons (Fsp3) is 0.174. The molecule has 1 aromatic heterocycles. The van der Waals surface area contributed by atoms with Gasteiger partial charge >= 0.3 is 0 Å². The lowest BCUT2D eigenvalue weighted by Gasteiger charge is -2.10. The molecule has 0 aliphatic heterocycles. The second-order valence-corrected chi connectivity index (χ2v) is 6.79. The van der Waals surface area contributed by atoms with Gasteiger partial charge in [0.05, 0.1) is 0 Å². The molecule has 0 aliphatic carbocycles. The number of carbonyl (C=O) groups is 2. The molecule has 0 atom stereocenters. The minimum absolute atomic E-state index is 0. The van der Waals surface area contributed by atoms with E-state index in [0.717, 1.165) is 16.7 Å². The summed E-state index contributed by atoms with van der Waals surface area (Å²) >= 11 is 0. The van der Waals surface area contributed by atoms with E-state index in [9.17, 15) is 9.59 Å². The number of nitrogens with one attached hydrogen (secondary N) is 2. The zero-order valence-electron chi connectivity index (χ0n) is 16.0. The van der Waals surface area contributed by atoms with Crippen molar-refractivity contribution in [1.29, 1.82) is 0 Å². The van der Waals surface area contributed by atoms with Gasteiger partial charge < -0.3 is 10.6 Å². The first-order valence-electron chi connectivity index (χ1n) is 9.23. The number of hydrogen-bond donors (Lipinski definition) is 2. The van der Waals surface area contributed by atoms with Gasteiger partial charge in [-0.05, 0) is 48.7 Å². The Morgan fingerprint density at radius 1 is 0.857 bits per heavy atom. The number of amides is 2. The number of pyridine rings is 1. The van der Waals surface area contributed by atoms with Crippen LogP contribution in [0, 0.1) is 0 Å². The summed E-state index contributed by atoms with van der Waals surface area (Å²) in [6.07, 6.45) is 0. The largest absolute Gasteiger partial charge is 0.349 e. The molecular formula is C23H27N3O2. The molecule has 0 bridgehead atoms. The Bertz CT molecular complexity index is 979. The number of aromatic nitrogens is 1. The van der Waals surface area contributed by atoms with Crippen molar-refractivity contribution in [2.24, 2.45) is 0 Å². The lowest BCUT2D eigenvalue weighted by atomic mass is 10.0. The summed E-state index contributed by atoms with van der Waals surface area (Å²) in [5.41, 5.74) is 3.66. The molecule has 0 aliphatic rings. The van der Waals surface area contributed by atoms with Crippen molar-refractivity contribution < 1.29 is 12.4 Å². The maximum absolute atomic E-state index is 12.5. The molecule has 2 amide bonds. The van der Waals surface area contributed by atoms with Crippen LogP contribution in [0.15, 0.2) is 72.8 Å². The summed E-state index contributed by atoms with van der Waals surface area (Å²) in [6.45, 7) is 4.12. The van der Waals surface area contributed by atoms with Gasteiger partial charge in [-0.1, -0.05) is 54.6 Å². The van der Waals surface area contributed by atoms with Gasteiger partial charge in [0.25, 0.3) is 11.8 Å². The first-order chi connectivity index (χ1) is 13.5. The number of hydrogen-bond acceptors (Lipinski definition) is 3. The van der Waals surface area contributed by atoms with Crippen LogP contribution in [0.2, 0.25) is 0 Å². The van der Waals surface area contributed by atoms with E-state index in [2.05, 4.69) is 33.8 Å². The van der Waals surface area contributed by atoms with Crippen LogP contribution in [0.4, 0.5) is 0 Å². The molecule has 28 heavy (non-hydrogen) atoms. The van der Waals surface area contributed by atoms with Crippen molar-refractivity contribution in [3.05, 3.63) is 89.7 Å². The van der Waals surface area contributed by atoms with Crippen molar-refractivity contribution >= 4 is 11.8 Å². The quantitative estimate of drug-likeness (QED) is 0.672. The second-order valence-electron chi connectivity index (χ2n) is 6.79. The summed E-state index contributed by atoms with van der Waals surface area (Å²) in [4.78, 5) is 28.7. The molecule has 2 aromatic carbocycles. The van der Waals surface area contributed by atoms with E-state index in [-0.39, 0.29) is 32.1 Å². The molecule has 0 saturated heterocycles. The molecule has 5 heteroatoms. The molecule has 0 spiro atoms. The van der Waals surface area contributed by atoms with Crippen LogP contribution in [-0.4, -0.2) is 22.8 Å².